The van der Waals surface area contributed by atoms with Crippen molar-refractivity contribution < 1.29 is 24.3 Å². The highest BCUT2D eigenvalue weighted by molar-refractivity contribution is 7.81. The molecule has 0 aromatic heterocycles. The van der Waals surface area contributed by atoms with Crippen LogP contribution in [0.1, 0.15) is 24.8 Å². The van der Waals surface area contributed by atoms with Crippen LogP contribution < -0.4 is 5.32 Å². The second-order valence-electron chi connectivity index (χ2n) is 6.65. The topological polar surface area (TPSA) is 107 Å². The number of amides is 3. The number of rotatable bonds is 5. The Morgan fingerprint density at radius 1 is 1.22 bits per heavy atom. The minimum absolute atomic E-state index is 0.0649. The Bertz CT molecular complexity index is 757. The van der Waals surface area contributed by atoms with Crippen molar-refractivity contribution in [3.05, 3.63) is 35.9 Å². The summed E-state index contributed by atoms with van der Waals surface area (Å²) >= 11 is 4.33. The third kappa shape index (κ3) is 4.08. The zero-order valence-corrected chi connectivity index (χ0v) is 15.5. The molecule has 0 bridgehead atoms. The zero-order chi connectivity index (χ0) is 19.6. The highest BCUT2D eigenvalue weighted by atomic mass is 32.1. The van der Waals surface area contributed by atoms with Crippen LogP contribution in [0, 0.1) is 0 Å². The molecule has 2 N–H and O–H groups in total. The molecule has 1 aromatic carbocycles. The van der Waals surface area contributed by atoms with Gasteiger partial charge in [-0.05, 0) is 18.4 Å². The highest BCUT2D eigenvalue weighted by Gasteiger charge is 2.46. The van der Waals surface area contributed by atoms with E-state index in [1.54, 1.807) is 0 Å². The lowest BCUT2D eigenvalue weighted by molar-refractivity contribution is -0.166. The molecule has 2 aliphatic heterocycles. The van der Waals surface area contributed by atoms with Gasteiger partial charge in [0, 0.05) is 19.4 Å². The number of carboxylic acids is 1. The van der Waals surface area contributed by atoms with Gasteiger partial charge in [-0.1, -0.05) is 30.3 Å². The summed E-state index contributed by atoms with van der Waals surface area (Å²) in [6.07, 6.45) is 0.768. The molecule has 0 aliphatic carbocycles. The molecule has 3 atom stereocenters. The fourth-order valence-electron chi connectivity index (χ4n) is 3.40. The van der Waals surface area contributed by atoms with Crippen LogP contribution in [0.2, 0.25) is 0 Å². The van der Waals surface area contributed by atoms with E-state index in [0.29, 0.717) is 6.42 Å². The van der Waals surface area contributed by atoms with E-state index < -0.39 is 35.1 Å². The summed E-state index contributed by atoms with van der Waals surface area (Å²) in [5.74, 6) is -2.47. The lowest BCUT2D eigenvalue weighted by Crippen LogP contribution is -2.55. The Hall–Kier alpha value is -2.55. The van der Waals surface area contributed by atoms with Gasteiger partial charge in [-0.2, -0.15) is 12.6 Å². The van der Waals surface area contributed by atoms with Crippen LogP contribution in [-0.4, -0.2) is 62.7 Å². The van der Waals surface area contributed by atoms with Crippen LogP contribution in [0.25, 0.3) is 0 Å². The minimum atomic E-state index is -1.17. The number of nitrogens with one attached hydrogen (secondary N) is 1. The monoisotopic (exact) mass is 391 g/mol. The predicted molar refractivity (Wildman–Crippen MR) is 98.7 cm³/mol. The average molecular weight is 391 g/mol. The van der Waals surface area contributed by atoms with Crippen molar-refractivity contribution in [3.8, 4) is 0 Å². The Labute approximate surface area is 161 Å². The van der Waals surface area contributed by atoms with Crippen molar-refractivity contribution >= 4 is 36.3 Å². The van der Waals surface area contributed by atoms with Crippen LogP contribution in [0.3, 0.4) is 0 Å². The third-order valence-corrected chi connectivity index (χ3v) is 5.22. The SMILES string of the molecule is O=C(O)C1CCN2C(=O)CCC(NC(=O)[C@@H](S)Cc3ccccc3)C(=O)N12. The first-order chi connectivity index (χ1) is 12.9. The van der Waals surface area contributed by atoms with Gasteiger partial charge in [0.15, 0.2) is 6.04 Å². The normalized spacial score (nSPS) is 23.6. The summed E-state index contributed by atoms with van der Waals surface area (Å²) in [7, 11) is 0. The molecule has 0 radical (unpaired) electrons. The second-order valence-corrected chi connectivity index (χ2v) is 7.27. The summed E-state index contributed by atoms with van der Waals surface area (Å²) in [5, 5.41) is 13.5. The highest BCUT2D eigenvalue weighted by Crippen LogP contribution is 2.25. The molecule has 0 saturated carbocycles. The first-order valence-corrected chi connectivity index (χ1v) is 9.28. The Balaban J connectivity index is 1.70. The molecule has 8 nitrogen and oxygen atoms in total. The zero-order valence-electron chi connectivity index (χ0n) is 14.6. The summed E-state index contributed by atoms with van der Waals surface area (Å²) in [6, 6.07) is 7.33. The van der Waals surface area contributed by atoms with Gasteiger partial charge in [0.1, 0.15) is 6.04 Å². The van der Waals surface area contributed by atoms with E-state index in [9.17, 15) is 24.3 Å². The summed E-state index contributed by atoms with van der Waals surface area (Å²) < 4.78 is 0. The first kappa shape index (κ1) is 19.2. The lowest BCUT2D eigenvalue weighted by Gasteiger charge is -2.30. The second kappa shape index (κ2) is 7.99. The van der Waals surface area contributed by atoms with Gasteiger partial charge in [0.05, 0.1) is 5.25 Å². The average Bonchev–Trinajstić information content (AvgIpc) is 3.06. The number of hydrazine groups is 1. The molecule has 1 aromatic rings. The van der Waals surface area contributed by atoms with E-state index in [0.717, 1.165) is 10.6 Å². The summed E-state index contributed by atoms with van der Waals surface area (Å²) in [5.41, 5.74) is 0.937. The van der Waals surface area contributed by atoms with Gasteiger partial charge in [0.2, 0.25) is 11.8 Å². The van der Waals surface area contributed by atoms with Gasteiger partial charge in [-0.25, -0.2) is 9.80 Å². The molecule has 3 amide bonds. The number of carbonyl (C=O) groups is 4. The van der Waals surface area contributed by atoms with E-state index >= 15 is 0 Å². The fourth-order valence-corrected chi connectivity index (χ4v) is 3.69. The standard InChI is InChI=1S/C18H21N3O5S/c22-15-7-6-12(17(24)21-13(18(25)26)8-9-20(15)21)19-16(23)14(27)10-11-4-2-1-3-5-11/h1-5,12-14,27H,6-10H2,(H,19,23)(H,25,26)/t12?,13?,14-/m0/s1. The van der Waals surface area contributed by atoms with Crippen molar-refractivity contribution in [1.82, 2.24) is 15.3 Å². The number of carboxylic acid groups (broad SMARTS) is 1. The van der Waals surface area contributed by atoms with Crippen molar-refractivity contribution in [3.63, 3.8) is 0 Å². The number of fused-ring (bicyclic) bond motifs is 1. The number of thiol groups is 1. The third-order valence-electron chi connectivity index (χ3n) is 4.80. The molecule has 2 heterocycles. The molecule has 2 aliphatic rings. The number of hydrogen-bond acceptors (Lipinski definition) is 5. The van der Waals surface area contributed by atoms with Gasteiger partial charge in [-0.15, -0.1) is 0 Å². The van der Waals surface area contributed by atoms with E-state index in [1.165, 1.54) is 5.01 Å². The van der Waals surface area contributed by atoms with Crippen LogP contribution in [-0.2, 0) is 25.6 Å². The van der Waals surface area contributed by atoms with Crippen LogP contribution in [0.4, 0.5) is 0 Å². The quantitative estimate of drug-likeness (QED) is 0.623. The molecule has 2 fully saturated rings. The van der Waals surface area contributed by atoms with Crippen LogP contribution >= 0.6 is 12.6 Å². The molecule has 27 heavy (non-hydrogen) atoms. The summed E-state index contributed by atoms with van der Waals surface area (Å²) in [6.45, 7) is 0.186. The van der Waals surface area contributed by atoms with E-state index in [1.807, 2.05) is 30.3 Å². The van der Waals surface area contributed by atoms with E-state index in [4.69, 9.17) is 0 Å². The molecule has 2 saturated heterocycles. The molecular weight excluding hydrogens is 370 g/mol. The van der Waals surface area contributed by atoms with Crippen molar-refractivity contribution in [2.45, 2.75) is 43.0 Å². The summed E-state index contributed by atoms with van der Waals surface area (Å²) in [4.78, 5) is 49.0. The molecule has 144 valence electrons. The van der Waals surface area contributed by atoms with Gasteiger partial charge >= 0.3 is 5.97 Å². The lowest BCUT2D eigenvalue weighted by atomic mass is 10.1. The van der Waals surface area contributed by atoms with Gasteiger partial charge in [0.25, 0.3) is 5.91 Å². The van der Waals surface area contributed by atoms with Crippen molar-refractivity contribution in [2.75, 3.05) is 6.54 Å². The Morgan fingerprint density at radius 2 is 1.93 bits per heavy atom. The Morgan fingerprint density at radius 3 is 2.59 bits per heavy atom. The minimum Gasteiger partial charge on any atom is -0.480 e. The molecule has 3 rings (SSSR count). The number of carbonyl (C=O) groups excluding carboxylic acids is 3. The maximum atomic E-state index is 12.8. The van der Waals surface area contributed by atoms with E-state index in [2.05, 4.69) is 17.9 Å². The number of aliphatic carboxylic acids is 1. The first-order valence-electron chi connectivity index (χ1n) is 8.77. The maximum Gasteiger partial charge on any atom is 0.328 e. The molecular formula is C18H21N3O5S. The fraction of sp³-hybridized carbons (Fsp3) is 0.444. The number of hydrogen-bond donors (Lipinski definition) is 3. The van der Waals surface area contributed by atoms with E-state index in [-0.39, 0.29) is 31.7 Å². The van der Waals surface area contributed by atoms with Crippen LogP contribution in [0.5, 0.6) is 0 Å². The van der Waals surface area contributed by atoms with Crippen LogP contribution in [0.15, 0.2) is 30.3 Å². The van der Waals surface area contributed by atoms with Crippen molar-refractivity contribution in [1.29, 1.82) is 0 Å². The van der Waals surface area contributed by atoms with Crippen molar-refractivity contribution in [2.24, 2.45) is 0 Å². The predicted octanol–water partition coefficient (Wildman–Crippen LogP) is 0.235. The molecule has 0 spiro atoms. The van der Waals surface area contributed by atoms with Gasteiger partial charge < -0.3 is 10.4 Å². The maximum absolute atomic E-state index is 12.8. The number of nitrogens with zero attached hydrogens (tertiary/aromatic N) is 2. The number of benzene rings is 1. The Kier molecular flexibility index (Phi) is 5.69. The molecule has 2 unspecified atom stereocenters. The van der Waals surface area contributed by atoms with Gasteiger partial charge in [-0.3, -0.25) is 19.4 Å². The largest absolute Gasteiger partial charge is 0.480 e. The smallest absolute Gasteiger partial charge is 0.328 e. The molecule has 9 heteroatoms.